The summed E-state index contributed by atoms with van der Waals surface area (Å²) in [5.74, 6) is 0. The monoisotopic (exact) mass is 190 g/mol. The second-order valence-electron chi connectivity index (χ2n) is 1.93. The minimum absolute atomic E-state index is 0. The Bertz CT molecular complexity index is 209. The van der Waals surface area contributed by atoms with Gasteiger partial charge in [-0.25, -0.2) is 4.57 Å². The number of allylic oxidation sites excluding steroid dienone is 1. The van der Waals surface area contributed by atoms with Crippen molar-refractivity contribution in [3.8, 4) is 0 Å². The van der Waals surface area contributed by atoms with Crippen LogP contribution < -0.4 is 4.57 Å². The summed E-state index contributed by atoms with van der Waals surface area (Å²) in [5, 5.41) is 0. The molecule has 1 aromatic rings. The molecule has 11 heavy (non-hydrogen) atoms. The van der Waals surface area contributed by atoms with Gasteiger partial charge in [-0.05, 0) is 6.08 Å². The van der Waals surface area contributed by atoms with Gasteiger partial charge in [0.25, 0.3) is 0 Å². The fourth-order valence-electron chi connectivity index (χ4n) is 0.718. The SMILES string of the molecule is Cl.ClC=CC[n+]1ccccc1. The Balaban J connectivity index is 0.000001000. The van der Waals surface area contributed by atoms with E-state index in [2.05, 4.69) is 0 Å². The van der Waals surface area contributed by atoms with Crippen molar-refractivity contribution in [1.29, 1.82) is 0 Å². The zero-order chi connectivity index (χ0) is 7.23. The van der Waals surface area contributed by atoms with Crippen LogP contribution in [0, 0.1) is 0 Å². The van der Waals surface area contributed by atoms with E-state index in [1.54, 1.807) is 0 Å². The van der Waals surface area contributed by atoms with Crippen LogP contribution in [0.25, 0.3) is 0 Å². The van der Waals surface area contributed by atoms with Crippen LogP contribution in [0.1, 0.15) is 0 Å². The minimum atomic E-state index is 0. The highest BCUT2D eigenvalue weighted by atomic mass is 35.5. The molecule has 0 unspecified atom stereocenters. The first-order valence-corrected chi connectivity index (χ1v) is 3.56. The standard InChI is InChI=1S/C8H9ClN.ClH/c9-5-4-8-10-6-2-1-3-7-10;/h1-7H,8H2;1H/q+1;. The van der Waals surface area contributed by atoms with Crippen molar-refractivity contribution in [3.05, 3.63) is 42.2 Å². The summed E-state index contributed by atoms with van der Waals surface area (Å²) < 4.78 is 2.04. The summed E-state index contributed by atoms with van der Waals surface area (Å²) in [6.45, 7) is 0.838. The highest BCUT2D eigenvalue weighted by molar-refractivity contribution is 6.25. The Morgan fingerprint density at radius 2 is 1.82 bits per heavy atom. The second kappa shape index (κ2) is 6.20. The summed E-state index contributed by atoms with van der Waals surface area (Å²) in [7, 11) is 0. The van der Waals surface area contributed by atoms with E-state index >= 15 is 0 Å². The third kappa shape index (κ3) is 4.02. The number of hydrogen-bond donors (Lipinski definition) is 0. The highest BCUT2D eigenvalue weighted by Gasteiger charge is 1.89. The predicted octanol–water partition coefficient (Wildman–Crippen LogP) is 2.15. The predicted molar refractivity (Wildman–Crippen MR) is 48.9 cm³/mol. The molecule has 0 N–H and O–H groups in total. The van der Waals surface area contributed by atoms with E-state index in [0.29, 0.717) is 0 Å². The molecule has 0 amide bonds. The fourth-order valence-corrected chi connectivity index (χ4v) is 0.797. The van der Waals surface area contributed by atoms with Crippen LogP contribution in [-0.4, -0.2) is 0 Å². The average Bonchev–Trinajstić information content (AvgIpc) is 2.03. The molecule has 0 aliphatic heterocycles. The molecule has 0 spiro atoms. The first-order chi connectivity index (χ1) is 4.93. The Morgan fingerprint density at radius 1 is 1.18 bits per heavy atom. The van der Waals surface area contributed by atoms with Gasteiger partial charge in [0.05, 0.1) is 0 Å². The smallest absolute Gasteiger partial charge is 0.169 e. The number of hydrogen-bond acceptors (Lipinski definition) is 0. The van der Waals surface area contributed by atoms with Crippen LogP contribution in [0.3, 0.4) is 0 Å². The third-order valence-electron chi connectivity index (χ3n) is 1.18. The second-order valence-corrected chi connectivity index (χ2v) is 2.19. The van der Waals surface area contributed by atoms with Gasteiger partial charge < -0.3 is 0 Å². The van der Waals surface area contributed by atoms with Crippen LogP contribution in [0.4, 0.5) is 0 Å². The average molecular weight is 191 g/mol. The maximum absolute atomic E-state index is 5.36. The lowest BCUT2D eigenvalue weighted by Gasteiger charge is -1.86. The van der Waals surface area contributed by atoms with Crippen LogP contribution in [0.5, 0.6) is 0 Å². The highest BCUT2D eigenvalue weighted by Crippen LogP contribution is 1.80. The molecule has 0 aliphatic rings. The van der Waals surface area contributed by atoms with Crippen molar-refractivity contribution in [2.75, 3.05) is 0 Å². The van der Waals surface area contributed by atoms with Crippen molar-refractivity contribution >= 4 is 24.0 Å². The Hall–Kier alpha value is -0.530. The van der Waals surface area contributed by atoms with Gasteiger partial charge in [-0.1, -0.05) is 17.7 Å². The molecule has 3 heteroatoms. The Morgan fingerprint density at radius 3 is 2.36 bits per heavy atom. The zero-order valence-electron chi connectivity index (χ0n) is 5.98. The van der Waals surface area contributed by atoms with Gasteiger partial charge in [0, 0.05) is 17.7 Å². The molecule has 0 atom stereocenters. The van der Waals surface area contributed by atoms with Crippen LogP contribution in [-0.2, 0) is 6.54 Å². The number of halogens is 2. The summed E-state index contributed by atoms with van der Waals surface area (Å²) in [4.78, 5) is 0. The van der Waals surface area contributed by atoms with Gasteiger partial charge >= 0.3 is 0 Å². The molecule has 0 fully saturated rings. The Labute approximate surface area is 77.7 Å². The molecule has 1 rings (SSSR count). The van der Waals surface area contributed by atoms with Gasteiger partial charge in [-0.3, -0.25) is 0 Å². The maximum Gasteiger partial charge on any atom is 0.169 e. The molecule has 0 aromatic carbocycles. The van der Waals surface area contributed by atoms with Crippen molar-refractivity contribution in [2.45, 2.75) is 6.54 Å². The summed E-state index contributed by atoms with van der Waals surface area (Å²) in [5.41, 5.74) is 1.53. The Kier molecular flexibility index (Phi) is 5.90. The molecule has 0 aliphatic carbocycles. The summed E-state index contributed by atoms with van der Waals surface area (Å²) in [6, 6.07) is 5.96. The van der Waals surface area contributed by atoms with Crippen LogP contribution in [0.15, 0.2) is 42.2 Å². The lowest BCUT2D eigenvalue weighted by atomic mass is 10.5. The molecule has 0 saturated carbocycles. The molecule has 1 nitrogen and oxygen atoms in total. The molecule has 0 radical (unpaired) electrons. The quantitative estimate of drug-likeness (QED) is 0.630. The first-order valence-electron chi connectivity index (χ1n) is 3.13. The molecule has 0 saturated heterocycles. The number of nitrogens with zero attached hydrogens (tertiary/aromatic N) is 1. The van der Waals surface area contributed by atoms with E-state index in [-0.39, 0.29) is 12.4 Å². The molecular formula is C8H10Cl2N+. The number of aromatic nitrogens is 1. The fraction of sp³-hybridized carbons (Fsp3) is 0.125. The van der Waals surface area contributed by atoms with Gasteiger partial charge in [-0.2, -0.15) is 0 Å². The van der Waals surface area contributed by atoms with Gasteiger partial charge in [0.2, 0.25) is 0 Å². The van der Waals surface area contributed by atoms with E-state index in [0.717, 1.165) is 6.54 Å². The third-order valence-corrected chi connectivity index (χ3v) is 1.36. The van der Waals surface area contributed by atoms with E-state index in [9.17, 15) is 0 Å². The molecular weight excluding hydrogens is 181 g/mol. The molecule has 60 valence electrons. The molecule has 1 aromatic heterocycles. The van der Waals surface area contributed by atoms with E-state index in [1.807, 2.05) is 41.2 Å². The van der Waals surface area contributed by atoms with Gasteiger partial charge in [0.15, 0.2) is 18.9 Å². The number of pyridine rings is 1. The lowest BCUT2D eigenvalue weighted by Crippen LogP contribution is -2.30. The van der Waals surface area contributed by atoms with Crippen LogP contribution >= 0.6 is 24.0 Å². The van der Waals surface area contributed by atoms with Crippen LogP contribution in [0.2, 0.25) is 0 Å². The van der Waals surface area contributed by atoms with Crippen molar-refractivity contribution in [3.63, 3.8) is 0 Å². The lowest BCUT2D eigenvalue weighted by molar-refractivity contribution is -0.687. The van der Waals surface area contributed by atoms with Crippen molar-refractivity contribution in [1.82, 2.24) is 0 Å². The molecule has 1 heterocycles. The summed E-state index contributed by atoms with van der Waals surface area (Å²) in [6.07, 6.45) is 5.88. The molecule has 0 bridgehead atoms. The maximum atomic E-state index is 5.36. The van der Waals surface area contributed by atoms with Crippen molar-refractivity contribution in [2.24, 2.45) is 0 Å². The van der Waals surface area contributed by atoms with Gasteiger partial charge in [-0.15, -0.1) is 12.4 Å². The summed E-state index contributed by atoms with van der Waals surface area (Å²) >= 11 is 5.36. The van der Waals surface area contributed by atoms with E-state index < -0.39 is 0 Å². The van der Waals surface area contributed by atoms with E-state index in [1.165, 1.54) is 5.54 Å². The normalized spacial score (nSPS) is 9.55. The van der Waals surface area contributed by atoms with E-state index in [4.69, 9.17) is 11.6 Å². The van der Waals surface area contributed by atoms with Crippen molar-refractivity contribution < 1.29 is 4.57 Å². The van der Waals surface area contributed by atoms with Gasteiger partial charge in [0.1, 0.15) is 0 Å². The number of rotatable bonds is 2. The minimum Gasteiger partial charge on any atom is -0.201 e. The zero-order valence-corrected chi connectivity index (χ0v) is 7.55. The first kappa shape index (κ1) is 10.5. The largest absolute Gasteiger partial charge is 0.201 e. The topological polar surface area (TPSA) is 3.88 Å².